The van der Waals surface area contributed by atoms with Crippen LogP contribution in [0, 0.1) is 32.8 Å². The zero-order chi connectivity index (χ0) is 23.9. The van der Waals surface area contributed by atoms with Crippen LogP contribution in [0.3, 0.4) is 0 Å². The van der Waals surface area contributed by atoms with Crippen LogP contribution in [0.4, 0.5) is 11.4 Å². The van der Waals surface area contributed by atoms with E-state index in [0.29, 0.717) is 0 Å². The molecule has 0 spiro atoms. The molecule has 0 saturated heterocycles. The third-order valence-corrected chi connectivity index (χ3v) is 3.52. The summed E-state index contributed by atoms with van der Waals surface area (Å²) in [4.78, 5) is 9.49. The number of phenols is 2. The number of nitro groups is 1. The quantitative estimate of drug-likeness (QED) is 0.163. The fourth-order valence-corrected chi connectivity index (χ4v) is 1.42. The molecule has 148 valence electrons. The molecule has 0 bridgehead atoms. The maximum atomic E-state index is 10.2. The number of aromatic hydroxyl groups is 2. The first-order valence-electron chi connectivity index (χ1n) is 7.59. The second kappa shape index (κ2) is 16.6. The summed E-state index contributed by atoms with van der Waals surface area (Å²) in [7, 11) is -5.90. The van der Waals surface area contributed by atoms with Gasteiger partial charge in [-0.25, -0.2) is 0 Å². The molecule has 0 aliphatic carbocycles. The third kappa shape index (κ3) is 11.1. The number of nitriles is 2. The molecule has 0 heterocycles. The Labute approximate surface area is 201 Å². The van der Waals surface area contributed by atoms with Gasteiger partial charge in [0.25, 0.3) is 0 Å². The molecular formula is C14H10N4Na2O8S2. The van der Waals surface area contributed by atoms with E-state index in [1.165, 1.54) is 67.9 Å². The van der Waals surface area contributed by atoms with E-state index in [-0.39, 0.29) is 22.6 Å². The first-order chi connectivity index (χ1) is 14.1. The number of rotatable bonds is 1. The molecule has 12 nitrogen and oxygen atoms in total. The van der Waals surface area contributed by atoms with E-state index >= 15 is 0 Å². The molecule has 0 atom stereocenters. The van der Waals surface area contributed by atoms with Gasteiger partial charge in [0.15, 0.2) is 5.75 Å². The van der Waals surface area contributed by atoms with Crippen molar-refractivity contribution in [2.24, 2.45) is 0 Å². The van der Waals surface area contributed by atoms with E-state index in [0.717, 1.165) is 6.07 Å². The van der Waals surface area contributed by atoms with Crippen molar-refractivity contribution in [3.05, 3.63) is 57.6 Å². The van der Waals surface area contributed by atoms with Gasteiger partial charge in [-0.05, 0) is 18.2 Å². The molecule has 0 aliphatic rings. The number of para-hydroxylation sites is 2. The summed E-state index contributed by atoms with van der Waals surface area (Å²) in [5.41, 5.74) is 5.20. The Bertz CT molecular complexity index is 1180. The topological polar surface area (TPSA) is 225 Å². The zero-order valence-electron chi connectivity index (χ0n) is 15.5. The van der Waals surface area contributed by atoms with Crippen molar-refractivity contribution in [1.82, 2.24) is 0 Å². The van der Waals surface area contributed by atoms with Crippen LogP contribution in [0.15, 0.2) is 36.4 Å². The summed E-state index contributed by atoms with van der Waals surface area (Å²) in [6, 6.07) is 11.9. The molecule has 0 saturated carbocycles. The minimum atomic E-state index is -2.95. The molecule has 16 heteroatoms. The van der Waals surface area contributed by atoms with Gasteiger partial charge < -0.3 is 15.9 Å². The second-order valence-corrected chi connectivity index (χ2v) is 6.76. The van der Waals surface area contributed by atoms with Gasteiger partial charge in [-0.1, -0.05) is 12.1 Å². The second-order valence-electron chi connectivity index (χ2n) is 4.31. The van der Waals surface area contributed by atoms with E-state index in [2.05, 4.69) is 0 Å². The maximum absolute atomic E-state index is 10.2. The summed E-state index contributed by atoms with van der Waals surface area (Å²) in [5.74, 6) is -0.713. The van der Waals surface area contributed by atoms with Crippen molar-refractivity contribution >= 4 is 73.5 Å². The molecular weight excluding hydrogens is 462 g/mol. The van der Waals surface area contributed by atoms with Gasteiger partial charge in [-0.2, -0.15) is 27.4 Å². The van der Waals surface area contributed by atoms with Crippen LogP contribution in [0.5, 0.6) is 11.5 Å². The standard InChI is InChI=1S/C7H4N2O3.C7H6N2O.2Na.O4S2/c8-4-5-2-1-3-6(7(5)10)9(11)12;8-4-5-2-1-3-6(9)7(5)10;;;1-5(2)6(3)4/h1-3,10H;1-3,10H,9H2;;;. The molecule has 2 aromatic rings. The van der Waals surface area contributed by atoms with Crippen molar-refractivity contribution in [3.8, 4) is 23.6 Å². The number of anilines is 1. The predicted molar refractivity (Wildman–Crippen MR) is 106 cm³/mol. The van der Waals surface area contributed by atoms with E-state index in [4.69, 9.17) is 43.3 Å². The molecule has 0 unspecified atom stereocenters. The number of phenolic OH excluding ortho intramolecular Hbond substituents is 2. The molecule has 0 amide bonds. The summed E-state index contributed by atoms with van der Waals surface area (Å²) in [5, 5.41) is 45.1. The number of benzene rings is 2. The Morgan fingerprint density at radius 1 is 0.900 bits per heavy atom. The van der Waals surface area contributed by atoms with E-state index in [1.54, 1.807) is 18.2 Å². The Balaban J connectivity index is 0. The normalized spacial score (nSPS) is 8.20. The van der Waals surface area contributed by atoms with Crippen LogP contribution in [0.25, 0.3) is 0 Å². The molecule has 0 fully saturated rings. The molecule has 0 aromatic heterocycles. The van der Waals surface area contributed by atoms with E-state index in [9.17, 15) is 10.1 Å². The van der Waals surface area contributed by atoms with Gasteiger partial charge in [-0.3, -0.25) is 10.1 Å². The zero-order valence-corrected chi connectivity index (χ0v) is 21.2. The van der Waals surface area contributed by atoms with Gasteiger partial charge in [0.2, 0.25) is 5.75 Å². The van der Waals surface area contributed by atoms with Crippen molar-refractivity contribution in [3.63, 3.8) is 0 Å². The summed E-state index contributed by atoms with van der Waals surface area (Å²) in [6.45, 7) is 0. The Kier molecular flexibility index (Phi) is 16.7. The van der Waals surface area contributed by atoms with Crippen LogP contribution in [-0.2, 0) is 18.5 Å². The summed E-state index contributed by atoms with van der Waals surface area (Å²) in [6.07, 6.45) is 0. The van der Waals surface area contributed by atoms with Crippen LogP contribution in [-0.4, -0.2) is 75.6 Å². The molecule has 2 rings (SSSR count). The summed E-state index contributed by atoms with van der Waals surface area (Å²) >= 11 is 2.89. The first-order valence-corrected chi connectivity index (χ1v) is 18.3. The van der Waals surface area contributed by atoms with Crippen LogP contribution < -0.4 is 5.73 Å². The van der Waals surface area contributed by atoms with Crippen LogP contribution in [0.2, 0.25) is 0 Å². The van der Waals surface area contributed by atoms with Crippen LogP contribution in [0.1, 0.15) is 11.1 Å². The fraction of sp³-hybridized carbons (Fsp3) is 0. The minimum absolute atomic E-state index is 0.0933. The molecule has 4 N–H and O–H groups in total. The van der Waals surface area contributed by atoms with Crippen molar-refractivity contribution in [2.45, 2.75) is 0 Å². The number of nitro benzene ring substituents is 1. The number of nitrogens with zero attached hydrogens (tertiary/aromatic N) is 3. The molecule has 0 radical (unpaired) electrons. The average Bonchev–Trinajstić information content (AvgIpc) is 2.72. The fourth-order valence-electron chi connectivity index (χ4n) is 1.42. The van der Waals surface area contributed by atoms with Gasteiger partial charge in [0.1, 0.15) is 17.7 Å². The third-order valence-electron chi connectivity index (χ3n) is 2.63. The van der Waals surface area contributed by atoms with Gasteiger partial charge in [0, 0.05) is 6.07 Å². The number of nitrogen functional groups attached to an aromatic ring is 1. The van der Waals surface area contributed by atoms with Gasteiger partial charge in [-0.15, -0.1) is 0 Å². The Morgan fingerprint density at radius 2 is 1.30 bits per heavy atom. The predicted octanol–water partition coefficient (Wildman–Crippen LogP) is -0.0838. The Hall–Kier alpha value is -2.14. The van der Waals surface area contributed by atoms with Gasteiger partial charge in [0.05, 0.1) is 16.2 Å². The SMILES string of the molecule is N#Cc1cccc(N)c1O.N#Cc1cccc([N+](=O)[O-])c1O.O=S(=O)=S(=O)=O.[Na][Na]. The first kappa shape index (κ1) is 30.1. The molecule has 2 aromatic carbocycles. The van der Waals surface area contributed by atoms with Crippen LogP contribution >= 0.6 is 0 Å². The van der Waals surface area contributed by atoms with Crippen molar-refractivity contribution in [2.75, 3.05) is 5.73 Å². The number of nitrogens with two attached hydrogens (primary N) is 1. The monoisotopic (exact) mass is 472 g/mol. The van der Waals surface area contributed by atoms with Crippen molar-refractivity contribution in [1.29, 1.82) is 10.5 Å². The van der Waals surface area contributed by atoms with Crippen molar-refractivity contribution < 1.29 is 32.0 Å². The molecule has 30 heavy (non-hydrogen) atoms. The van der Waals surface area contributed by atoms with E-state index in [1.807, 2.05) is 0 Å². The Morgan fingerprint density at radius 3 is 1.63 bits per heavy atom. The van der Waals surface area contributed by atoms with E-state index < -0.39 is 34.9 Å². The molecule has 0 aliphatic heterocycles. The number of hydrogen-bond acceptors (Lipinski definition) is 11. The average molecular weight is 472 g/mol. The summed E-state index contributed by atoms with van der Waals surface area (Å²) < 4.78 is 36.3. The number of hydrogen-bond donors (Lipinski definition) is 3. The van der Waals surface area contributed by atoms with Gasteiger partial charge >= 0.3 is 67.8 Å².